The molecule has 0 spiro atoms. The van der Waals surface area contributed by atoms with E-state index in [9.17, 15) is 4.79 Å². The third-order valence-electron chi connectivity index (χ3n) is 4.18. The van der Waals surface area contributed by atoms with Gasteiger partial charge in [0.25, 0.3) is 0 Å². The Bertz CT molecular complexity index is 551. The lowest BCUT2D eigenvalue weighted by Crippen LogP contribution is -2.36. The van der Waals surface area contributed by atoms with E-state index in [4.69, 9.17) is 4.74 Å². The molecular weight excluding hydrogens is 332 g/mol. The summed E-state index contributed by atoms with van der Waals surface area (Å²) in [4.78, 5) is 14.0. The van der Waals surface area contributed by atoms with Crippen molar-refractivity contribution < 1.29 is 9.53 Å². The van der Waals surface area contributed by atoms with E-state index >= 15 is 0 Å². The maximum absolute atomic E-state index is 12.3. The molecule has 1 saturated heterocycles. The zero-order valence-corrected chi connectivity index (χ0v) is 16.8. The Kier molecular flexibility index (Phi) is 7.48. The van der Waals surface area contributed by atoms with Gasteiger partial charge < -0.3 is 15.0 Å². The van der Waals surface area contributed by atoms with Gasteiger partial charge in [-0.15, -0.1) is 0 Å². The Morgan fingerprint density at radius 1 is 1.40 bits per heavy atom. The van der Waals surface area contributed by atoms with Crippen molar-refractivity contribution in [3.8, 4) is 0 Å². The minimum atomic E-state index is -0.466. The molecule has 1 heterocycles. The van der Waals surface area contributed by atoms with Crippen molar-refractivity contribution in [2.24, 2.45) is 5.92 Å². The molecule has 1 aromatic carbocycles. The number of carbonyl (C=O) groups excluding carboxylic acids is 1. The van der Waals surface area contributed by atoms with Crippen LogP contribution in [0, 0.1) is 5.92 Å². The van der Waals surface area contributed by atoms with Crippen LogP contribution in [0.25, 0.3) is 0 Å². The van der Waals surface area contributed by atoms with E-state index in [1.807, 2.05) is 27.7 Å². The van der Waals surface area contributed by atoms with E-state index in [1.165, 1.54) is 24.3 Å². The van der Waals surface area contributed by atoms with Crippen molar-refractivity contribution in [1.82, 2.24) is 4.90 Å². The zero-order chi connectivity index (χ0) is 18.3. The van der Waals surface area contributed by atoms with E-state index in [2.05, 4.69) is 41.3 Å². The molecule has 0 bridgehead atoms. The van der Waals surface area contributed by atoms with Crippen LogP contribution in [0.15, 0.2) is 24.3 Å². The number of nitrogens with one attached hydrogen (secondary N) is 1. The Balaban J connectivity index is 1.91. The standard InChI is InChI=1S/C20H32N2O2S/c1-5-22(19(23)24-20(2,3)4)14-16-8-6-10-18(12-16)21-13-17-9-7-11-25-15-17/h6,8,10,12,17,21H,5,7,9,11,13-15H2,1-4H3. The Labute approximate surface area is 156 Å². The number of anilines is 1. The average Bonchev–Trinajstić information content (AvgIpc) is 2.57. The molecule has 1 fully saturated rings. The van der Waals surface area contributed by atoms with E-state index in [1.54, 1.807) is 4.90 Å². The third-order valence-corrected chi connectivity index (χ3v) is 5.47. The van der Waals surface area contributed by atoms with Crippen molar-refractivity contribution in [1.29, 1.82) is 0 Å². The predicted octanol–water partition coefficient (Wildman–Crippen LogP) is 5.00. The summed E-state index contributed by atoms with van der Waals surface area (Å²) in [6.45, 7) is 9.89. The van der Waals surface area contributed by atoms with Gasteiger partial charge in [0.15, 0.2) is 0 Å². The van der Waals surface area contributed by atoms with E-state index in [0.717, 1.165) is 23.7 Å². The van der Waals surface area contributed by atoms with Crippen LogP contribution in [-0.4, -0.2) is 41.2 Å². The Morgan fingerprint density at radius 3 is 2.84 bits per heavy atom. The smallest absolute Gasteiger partial charge is 0.410 e. The quantitative estimate of drug-likeness (QED) is 0.771. The molecule has 25 heavy (non-hydrogen) atoms. The lowest BCUT2D eigenvalue weighted by Gasteiger charge is -2.27. The summed E-state index contributed by atoms with van der Waals surface area (Å²) in [7, 11) is 0. The topological polar surface area (TPSA) is 41.6 Å². The first kappa shape index (κ1) is 20.0. The Morgan fingerprint density at radius 2 is 2.20 bits per heavy atom. The number of carbonyl (C=O) groups is 1. The third kappa shape index (κ3) is 7.18. The number of nitrogens with zero attached hydrogens (tertiary/aromatic N) is 1. The minimum Gasteiger partial charge on any atom is -0.444 e. The van der Waals surface area contributed by atoms with Gasteiger partial charge in [0.2, 0.25) is 0 Å². The van der Waals surface area contributed by atoms with Gasteiger partial charge in [-0.05, 0) is 75.7 Å². The summed E-state index contributed by atoms with van der Waals surface area (Å²) in [5.41, 5.74) is 1.79. The number of hydrogen-bond acceptors (Lipinski definition) is 4. The molecule has 0 aliphatic carbocycles. The van der Waals surface area contributed by atoms with E-state index in [-0.39, 0.29) is 6.09 Å². The molecule has 0 radical (unpaired) electrons. The molecule has 1 amide bonds. The molecule has 1 unspecified atom stereocenters. The molecule has 1 N–H and O–H groups in total. The first-order valence-electron chi connectivity index (χ1n) is 9.26. The van der Waals surface area contributed by atoms with Crippen molar-refractivity contribution in [2.75, 3.05) is 29.9 Å². The molecule has 2 rings (SSSR count). The van der Waals surface area contributed by atoms with Gasteiger partial charge in [-0.25, -0.2) is 4.79 Å². The van der Waals surface area contributed by atoms with Crippen molar-refractivity contribution in [3.05, 3.63) is 29.8 Å². The van der Waals surface area contributed by atoms with Crippen LogP contribution in [-0.2, 0) is 11.3 Å². The van der Waals surface area contributed by atoms with Gasteiger partial charge in [0.05, 0.1) is 0 Å². The predicted molar refractivity (Wildman–Crippen MR) is 107 cm³/mol. The van der Waals surface area contributed by atoms with Crippen molar-refractivity contribution in [2.45, 2.75) is 52.7 Å². The number of hydrogen-bond donors (Lipinski definition) is 1. The van der Waals surface area contributed by atoms with Crippen LogP contribution in [0.1, 0.15) is 46.1 Å². The van der Waals surface area contributed by atoms with Crippen molar-refractivity contribution in [3.63, 3.8) is 0 Å². The fraction of sp³-hybridized carbons (Fsp3) is 0.650. The number of amides is 1. The summed E-state index contributed by atoms with van der Waals surface area (Å²) in [5, 5.41) is 3.57. The zero-order valence-electron chi connectivity index (χ0n) is 16.0. The molecule has 1 aliphatic heterocycles. The number of benzene rings is 1. The van der Waals surface area contributed by atoms with Crippen molar-refractivity contribution >= 4 is 23.5 Å². The van der Waals surface area contributed by atoms with Crippen LogP contribution in [0.3, 0.4) is 0 Å². The highest BCUT2D eigenvalue weighted by Crippen LogP contribution is 2.23. The van der Waals surface area contributed by atoms with Gasteiger partial charge >= 0.3 is 6.09 Å². The van der Waals surface area contributed by atoms with Gasteiger partial charge in [0.1, 0.15) is 5.60 Å². The summed E-state index contributed by atoms with van der Waals surface area (Å²) >= 11 is 2.06. The molecule has 1 atom stereocenters. The fourth-order valence-electron chi connectivity index (χ4n) is 2.86. The monoisotopic (exact) mass is 364 g/mol. The molecule has 1 aromatic rings. The first-order chi connectivity index (χ1) is 11.9. The number of rotatable bonds is 6. The largest absolute Gasteiger partial charge is 0.444 e. The summed E-state index contributed by atoms with van der Waals surface area (Å²) in [5.74, 6) is 3.33. The lowest BCUT2D eigenvalue weighted by atomic mass is 10.1. The van der Waals surface area contributed by atoms with Crippen LogP contribution in [0.4, 0.5) is 10.5 Å². The Hall–Kier alpha value is -1.36. The summed E-state index contributed by atoms with van der Waals surface area (Å²) in [6, 6.07) is 8.36. The molecule has 140 valence electrons. The van der Waals surface area contributed by atoms with Crippen LogP contribution >= 0.6 is 11.8 Å². The SMILES string of the molecule is CCN(Cc1cccc(NCC2CCCSC2)c1)C(=O)OC(C)(C)C. The lowest BCUT2D eigenvalue weighted by molar-refractivity contribution is 0.0244. The van der Waals surface area contributed by atoms with Crippen LogP contribution in [0.5, 0.6) is 0 Å². The van der Waals surface area contributed by atoms with Gasteiger partial charge in [-0.3, -0.25) is 0 Å². The number of thioether (sulfide) groups is 1. The van der Waals surface area contributed by atoms with E-state index < -0.39 is 5.60 Å². The molecular formula is C20H32N2O2S. The maximum atomic E-state index is 12.3. The normalized spacial score (nSPS) is 17.8. The molecule has 4 nitrogen and oxygen atoms in total. The highest BCUT2D eigenvalue weighted by Gasteiger charge is 2.21. The second-order valence-electron chi connectivity index (χ2n) is 7.66. The summed E-state index contributed by atoms with van der Waals surface area (Å²) in [6.07, 6.45) is 2.40. The molecule has 5 heteroatoms. The average molecular weight is 365 g/mol. The van der Waals surface area contributed by atoms with E-state index in [0.29, 0.717) is 13.1 Å². The van der Waals surface area contributed by atoms with Gasteiger partial charge in [-0.1, -0.05) is 12.1 Å². The highest BCUT2D eigenvalue weighted by atomic mass is 32.2. The minimum absolute atomic E-state index is 0.257. The highest BCUT2D eigenvalue weighted by molar-refractivity contribution is 7.99. The maximum Gasteiger partial charge on any atom is 0.410 e. The second-order valence-corrected chi connectivity index (χ2v) is 8.81. The second kappa shape index (κ2) is 9.37. The van der Waals surface area contributed by atoms with Gasteiger partial charge in [-0.2, -0.15) is 11.8 Å². The molecule has 1 aliphatic rings. The van der Waals surface area contributed by atoms with Crippen LogP contribution in [0.2, 0.25) is 0 Å². The fourth-order valence-corrected chi connectivity index (χ4v) is 4.02. The molecule has 0 aromatic heterocycles. The van der Waals surface area contributed by atoms with Crippen LogP contribution < -0.4 is 5.32 Å². The molecule has 0 saturated carbocycles. The van der Waals surface area contributed by atoms with Gasteiger partial charge in [0, 0.05) is 25.3 Å². The first-order valence-corrected chi connectivity index (χ1v) is 10.4. The number of ether oxygens (including phenoxy) is 1. The summed E-state index contributed by atoms with van der Waals surface area (Å²) < 4.78 is 5.49.